The van der Waals surface area contributed by atoms with Crippen LogP contribution in [-0.4, -0.2) is 46.2 Å². The number of aromatic amines is 1. The van der Waals surface area contributed by atoms with E-state index < -0.39 is 0 Å². The van der Waals surface area contributed by atoms with Gasteiger partial charge in [0.1, 0.15) is 12.4 Å². The number of H-pyrrole nitrogens is 1. The number of nitrogens with zero attached hydrogens (tertiary/aromatic N) is 2. The van der Waals surface area contributed by atoms with E-state index in [1.54, 1.807) is 28.0 Å². The zero-order chi connectivity index (χ0) is 26.4. The molecule has 0 aliphatic heterocycles. The summed E-state index contributed by atoms with van der Waals surface area (Å²) >= 11 is 3.47. The highest BCUT2D eigenvalue weighted by molar-refractivity contribution is 9.10. The van der Waals surface area contributed by atoms with E-state index in [2.05, 4.69) is 27.0 Å². The average molecular weight is 564 g/mol. The highest BCUT2D eigenvalue weighted by atomic mass is 79.9. The molecular formula is C30H31BrFN3O2. The lowest BCUT2D eigenvalue weighted by atomic mass is 10.1. The van der Waals surface area contributed by atoms with Crippen LogP contribution in [0, 0.1) is 11.7 Å². The second-order valence-electron chi connectivity index (χ2n) is 9.61. The van der Waals surface area contributed by atoms with E-state index in [1.165, 1.54) is 12.1 Å². The molecule has 1 N–H and O–H groups in total. The zero-order valence-electron chi connectivity index (χ0n) is 21.1. The van der Waals surface area contributed by atoms with E-state index in [0.29, 0.717) is 36.1 Å². The maximum Gasteiger partial charge on any atom is 0.255 e. The molecule has 0 unspecified atom stereocenters. The first-order valence-electron chi connectivity index (χ1n) is 12.4. The molecule has 0 atom stereocenters. The molecule has 1 heterocycles. The van der Waals surface area contributed by atoms with Gasteiger partial charge in [0.2, 0.25) is 5.91 Å². The molecule has 0 saturated carbocycles. The molecule has 1 aromatic heterocycles. The number of halogens is 2. The minimum Gasteiger partial charge on any atom is -0.361 e. The number of fused-ring (bicyclic) bond motifs is 1. The summed E-state index contributed by atoms with van der Waals surface area (Å²) < 4.78 is 14.2. The maximum atomic E-state index is 13.7. The van der Waals surface area contributed by atoms with Gasteiger partial charge in [0.15, 0.2) is 0 Å². The molecule has 3 aromatic carbocycles. The van der Waals surface area contributed by atoms with Crippen LogP contribution in [0.3, 0.4) is 0 Å². The Morgan fingerprint density at radius 1 is 0.946 bits per heavy atom. The fourth-order valence-corrected chi connectivity index (χ4v) is 4.88. The van der Waals surface area contributed by atoms with Gasteiger partial charge in [0, 0.05) is 41.2 Å². The van der Waals surface area contributed by atoms with E-state index >= 15 is 0 Å². The summed E-state index contributed by atoms with van der Waals surface area (Å²) in [5.41, 5.74) is 3.54. The normalized spacial score (nSPS) is 11.2. The van der Waals surface area contributed by atoms with Crippen LogP contribution in [0.25, 0.3) is 10.9 Å². The number of rotatable bonds is 10. The van der Waals surface area contributed by atoms with Crippen LogP contribution in [0.2, 0.25) is 0 Å². The van der Waals surface area contributed by atoms with Gasteiger partial charge in [-0.05, 0) is 69.7 Å². The van der Waals surface area contributed by atoms with Gasteiger partial charge >= 0.3 is 0 Å². The van der Waals surface area contributed by atoms with Crippen molar-refractivity contribution in [2.24, 2.45) is 5.92 Å². The second kappa shape index (κ2) is 12.2. The van der Waals surface area contributed by atoms with Crippen LogP contribution < -0.4 is 0 Å². The van der Waals surface area contributed by atoms with E-state index in [9.17, 15) is 14.0 Å². The SMILES string of the molecule is CC(C)CN(CC(=O)N(CCc1c[nH]c2ccccc12)Cc1ccc(F)cc1)C(=O)c1ccccc1Br. The number of benzene rings is 3. The summed E-state index contributed by atoms with van der Waals surface area (Å²) in [4.78, 5) is 33.8. The van der Waals surface area contributed by atoms with Crippen LogP contribution in [0.1, 0.15) is 35.3 Å². The Morgan fingerprint density at radius 3 is 2.38 bits per heavy atom. The number of carbonyl (C=O) groups is 2. The summed E-state index contributed by atoms with van der Waals surface area (Å²) in [6, 6.07) is 21.5. The molecule has 0 spiro atoms. The standard InChI is InChI=1S/C30H31BrFN3O2/c1-21(2)18-35(30(37)26-8-3-5-9-27(26)31)20-29(36)34(19-22-11-13-24(32)14-12-22)16-15-23-17-33-28-10-6-4-7-25(23)28/h3-14,17,21,33H,15-16,18-20H2,1-2H3. The molecule has 5 nitrogen and oxygen atoms in total. The Balaban J connectivity index is 1.56. The summed E-state index contributed by atoms with van der Waals surface area (Å²) in [6.07, 6.45) is 2.63. The van der Waals surface area contributed by atoms with E-state index in [0.717, 1.165) is 22.0 Å². The summed E-state index contributed by atoms with van der Waals surface area (Å²) in [5.74, 6) is -0.461. The van der Waals surface area contributed by atoms with Crippen LogP contribution in [0.5, 0.6) is 0 Å². The monoisotopic (exact) mass is 563 g/mol. The number of carbonyl (C=O) groups excluding carboxylic acids is 2. The first kappa shape index (κ1) is 26.6. The number of nitrogens with one attached hydrogen (secondary N) is 1. The molecule has 0 saturated heterocycles. The fraction of sp³-hybridized carbons (Fsp3) is 0.267. The minimum atomic E-state index is -0.317. The van der Waals surface area contributed by atoms with Crippen LogP contribution >= 0.6 is 15.9 Å². The van der Waals surface area contributed by atoms with E-state index in [-0.39, 0.29) is 30.1 Å². The van der Waals surface area contributed by atoms with Crippen molar-refractivity contribution in [3.8, 4) is 0 Å². The molecule has 7 heteroatoms. The average Bonchev–Trinajstić information content (AvgIpc) is 3.30. The predicted molar refractivity (Wildman–Crippen MR) is 149 cm³/mol. The topological polar surface area (TPSA) is 56.4 Å². The lowest BCUT2D eigenvalue weighted by molar-refractivity contribution is -0.132. The molecule has 0 aliphatic rings. The molecule has 192 valence electrons. The zero-order valence-corrected chi connectivity index (χ0v) is 22.7. The molecule has 4 aromatic rings. The Bertz CT molecular complexity index is 1370. The van der Waals surface area contributed by atoms with Crippen molar-refractivity contribution in [3.63, 3.8) is 0 Å². The first-order chi connectivity index (χ1) is 17.8. The number of aromatic nitrogens is 1. The summed E-state index contributed by atoms with van der Waals surface area (Å²) in [6.45, 7) is 5.28. The van der Waals surface area contributed by atoms with Gasteiger partial charge in [-0.15, -0.1) is 0 Å². The van der Waals surface area contributed by atoms with Crippen molar-refractivity contribution in [2.75, 3.05) is 19.6 Å². The second-order valence-corrected chi connectivity index (χ2v) is 10.5. The highest BCUT2D eigenvalue weighted by Crippen LogP contribution is 2.21. The van der Waals surface area contributed by atoms with Gasteiger partial charge < -0.3 is 14.8 Å². The van der Waals surface area contributed by atoms with Gasteiger partial charge in [-0.2, -0.15) is 0 Å². The molecule has 0 radical (unpaired) electrons. The van der Waals surface area contributed by atoms with E-state index in [4.69, 9.17) is 0 Å². The molecule has 37 heavy (non-hydrogen) atoms. The Kier molecular flexibility index (Phi) is 8.77. The van der Waals surface area contributed by atoms with Gasteiger partial charge in [-0.3, -0.25) is 9.59 Å². The van der Waals surface area contributed by atoms with Crippen molar-refractivity contribution in [2.45, 2.75) is 26.8 Å². The molecule has 0 aliphatic carbocycles. The van der Waals surface area contributed by atoms with Crippen molar-refractivity contribution in [1.82, 2.24) is 14.8 Å². The third-order valence-electron chi connectivity index (χ3n) is 6.27. The quantitative estimate of drug-likeness (QED) is 0.241. The Hall–Kier alpha value is -3.45. The number of amides is 2. The van der Waals surface area contributed by atoms with Crippen molar-refractivity contribution in [1.29, 1.82) is 0 Å². The van der Waals surface area contributed by atoms with Gasteiger partial charge in [-0.25, -0.2) is 4.39 Å². The third-order valence-corrected chi connectivity index (χ3v) is 6.96. The molecular weight excluding hydrogens is 533 g/mol. The summed E-state index contributed by atoms with van der Waals surface area (Å²) in [7, 11) is 0. The fourth-order valence-electron chi connectivity index (χ4n) is 4.42. The van der Waals surface area contributed by atoms with Crippen molar-refractivity contribution >= 4 is 38.6 Å². The molecule has 4 rings (SSSR count). The first-order valence-corrected chi connectivity index (χ1v) is 13.2. The largest absolute Gasteiger partial charge is 0.361 e. The lowest BCUT2D eigenvalue weighted by Crippen LogP contribution is -2.44. The number of para-hydroxylation sites is 1. The lowest BCUT2D eigenvalue weighted by Gasteiger charge is -2.29. The smallest absolute Gasteiger partial charge is 0.255 e. The van der Waals surface area contributed by atoms with Crippen molar-refractivity contribution < 1.29 is 14.0 Å². The van der Waals surface area contributed by atoms with Gasteiger partial charge in [-0.1, -0.05) is 56.3 Å². The van der Waals surface area contributed by atoms with Gasteiger partial charge in [0.25, 0.3) is 5.91 Å². The van der Waals surface area contributed by atoms with Crippen LogP contribution in [0.15, 0.2) is 83.5 Å². The number of hydrogen-bond acceptors (Lipinski definition) is 2. The molecule has 2 amide bonds. The van der Waals surface area contributed by atoms with Crippen LogP contribution in [0.4, 0.5) is 4.39 Å². The highest BCUT2D eigenvalue weighted by Gasteiger charge is 2.24. The third kappa shape index (κ3) is 6.86. The van der Waals surface area contributed by atoms with E-state index in [1.807, 2.05) is 56.4 Å². The van der Waals surface area contributed by atoms with Crippen LogP contribution in [-0.2, 0) is 17.8 Å². The van der Waals surface area contributed by atoms with Gasteiger partial charge in [0.05, 0.1) is 5.56 Å². The Morgan fingerprint density at radius 2 is 1.65 bits per heavy atom. The Labute approximate surface area is 225 Å². The maximum absolute atomic E-state index is 13.7. The molecule has 0 fully saturated rings. The molecule has 0 bridgehead atoms. The summed E-state index contributed by atoms with van der Waals surface area (Å²) in [5, 5.41) is 1.13. The number of hydrogen-bond donors (Lipinski definition) is 1. The van der Waals surface area contributed by atoms with Crippen molar-refractivity contribution in [3.05, 3.63) is 106 Å². The minimum absolute atomic E-state index is 0.0343. The predicted octanol–water partition coefficient (Wildman–Crippen LogP) is 6.44.